The van der Waals surface area contributed by atoms with E-state index in [9.17, 15) is 4.79 Å². The fourth-order valence-corrected chi connectivity index (χ4v) is 2.31. The lowest BCUT2D eigenvalue weighted by Crippen LogP contribution is -1.95. The van der Waals surface area contributed by atoms with Crippen LogP contribution in [0.25, 0.3) is 10.4 Å². The van der Waals surface area contributed by atoms with E-state index in [1.165, 1.54) is 17.4 Å². The van der Waals surface area contributed by atoms with E-state index >= 15 is 0 Å². The molecule has 0 aliphatic carbocycles. The second kappa shape index (κ2) is 4.04. The molecule has 1 heterocycles. The number of halogens is 1. The molecule has 4 heteroatoms. The van der Waals surface area contributed by atoms with Gasteiger partial charge in [-0.25, -0.2) is 4.79 Å². The first-order chi connectivity index (χ1) is 7.18. The van der Waals surface area contributed by atoms with Crippen molar-refractivity contribution in [1.29, 1.82) is 0 Å². The van der Waals surface area contributed by atoms with Crippen LogP contribution >= 0.6 is 22.9 Å². The SMILES string of the molecule is O=C(O)c1ccc(Cl)c(-c2cccs2)c1. The summed E-state index contributed by atoms with van der Waals surface area (Å²) in [6.07, 6.45) is 0. The highest BCUT2D eigenvalue weighted by molar-refractivity contribution is 7.13. The molecular weight excluding hydrogens is 232 g/mol. The van der Waals surface area contributed by atoms with Crippen LogP contribution in [0.3, 0.4) is 0 Å². The molecule has 1 N–H and O–H groups in total. The second-order valence-corrected chi connectivity index (χ2v) is 4.33. The topological polar surface area (TPSA) is 37.3 Å². The van der Waals surface area contributed by atoms with Crippen molar-refractivity contribution in [2.45, 2.75) is 0 Å². The predicted octanol–water partition coefficient (Wildman–Crippen LogP) is 3.77. The molecule has 0 saturated carbocycles. The van der Waals surface area contributed by atoms with Crippen molar-refractivity contribution in [2.75, 3.05) is 0 Å². The van der Waals surface area contributed by atoms with Crippen LogP contribution in [0.1, 0.15) is 10.4 Å². The van der Waals surface area contributed by atoms with E-state index in [0.717, 1.165) is 10.4 Å². The third-order valence-electron chi connectivity index (χ3n) is 2.00. The monoisotopic (exact) mass is 238 g/mol. The molecule has 0 bridgehead atoms. The third kappa shape index (κ3) is 2.03. The van der Waals surface area contributed by atoms with E-state index in [4.69, 9.17) is 16.7 Å². The van der Waals surface area contributed by atoms with Gasteiger partial charge in [-0.2, -0.15) is 0 Å². The zero-order valence-electron chi connectivity index (χ0n) is 7.61. The highest BCUT2D eigenvalue weighted by Crippen LogP contribution is 2.32. The van der Waals surface area contributed by atoms with Crippen LogP contribution < -0.4 is 0 Å². The highest BCUT2D eigenvalue weighted by atomic mass is 35.5. The summed E-state index contributed by atoms with van der Waals surface area (Å²) in [7, 11) is 0. The summed E-state index contributed by atoms with van der Waals surface area (Å²) in [6.45, 7) is 0. The van der Waals surface area contributed by atoms with Crippen LogP contribution in [-0.4, -0.2) is 11.1 Å². The Kier molecular flexibility index (Phi) is 2.75. The summed E-state index contributed by atoms with van der Waals surface area (Å²) in [4.78, 5) is 11.8. The highest BCUT2D eigenvalue weighted by Gasteiger charge is 2.09. The number of carboxylic acids is 1. The minimum atomic E-state index is -0.940. The Bertz CT molecular complexity index is 491. The number of hydrogen-bond donors (Lipinski definition) is 1. The van der Waals surface area contributed by atoms with E-state index in [0.29, 0.717) is 5.02 Å². The van der Waals surface area contributed by atoms with Gasteiger partial charge < -0.3 is 5.11 Å². The molecule has 15 heavy (non-hydrogen) atoms. The minimum Gasteiger partial charge on any atom is -0.478 e. The largest absolute Gasteiger partial charge is 0.478 e. The zero-order chi connectivity index (χ0) is 10.8. The molecule has 0 aliphatic heterocycles. The summed E-state index contributed by atoms with van der Waals surface area (Å²) in [5.41, 5.74) is 1.02. The molecule has 0 unspecified atom stereocenters. The Morgan fingerprint density at radius 2 is 2.13 bits per heavy atom. The lowest BCUT2D eigenvalue weighted by molar-refractivity contribution is 0.0697. The molecule has 0 spiro atoms. The molecule has 1 aromatic carbocycles. The molecule has 2 nitrogen and oxygen atoms in total. The Morgan fingerprint density at radius 1 is 1.33 bits per heavy atom. The molecule has 0 amide bonds. The molecule has 2 rings (SSSR count). The van der Waals surface area contributed by atoms with Gasteiger partial charge in [-0.05, 0) is 29.6 Å². The van der Waals surface area contributed by atoms with Gasteiger partial charge in [-0.3, -0.25) is 0 Å². The predicted molar refractivity (Wildman–Crippen MR) is 61.7 cm³/mol. The number of carbonyl (C=O) groups is 1. The van der Waals surface area contributed by atoms with Crippen molar-refractivity contribution in [3.63, 3.8) is 0 Å². The quantitative estimate of drug-likeness (QED) is 0.865. The van der Waals surface area contributed by atoms with Crippen molar-refractivity contribution >= 4 is 28.9 Å². The molecule has 0 aliphatic rings. The Hall–Kier alpha value is -1.32. The van der Waals surface area contributed by atoms with Crippen molar-refractivity contribution in [2.24, 2.45) is 0 Å². The Labute approximate surface area is 95.8 Å². The van der Waals surface area contributed by atoms with Crippen LogP contribution in [0.2, 0.25) is 5.02 Å². The van der Waals surface area contributed by atoms with Gasteiger partial charge in [-0.1, -0.05) is 17.7 Å². The summed E-state index contributed by atoms with van der Waals surface area (Å²) < 4.78 is 0. The first-order valence-corrected chi connectivity index (χ1v) is 5.51. The number of hydrogen-bond acceptors (Lipinski definition) is 2. The van der Waals surface area contributed by atoms with Gasteiger partial charge in [0.15, 0.2) is 0 Å². The van der Waals surface area contributed by atoms with Crippen molar-refractivity contribution < 1.29 is 9.90 Å². The average Bonchev–Trinajstić information content (AvgIpc) is 2.71. The smallest absolute Gasteiger partial charge is 0.335 e. The van der Waals surface area contributed by atoms with E-state index in [-0.39, 0.29) is 5.56 Å². The molecule has 2 aromatic rings. The van der Waals surface area contributed by atoms with Crippen molar-refractivity contribution in [1.82, 2.24) is 0 Å². The standard InChI is InChI=1S/C11H7ClO2S/c12-9-4-3-7(11(13)14)6-8(9)10-2-1-5-15-10/h1-6H,(H,13,14). The number of aromatic carboxylic acids is 1. The summed E-state index contributed by atoms with van der Waals surface area (Å²) >= 11 is 7.54. The van der Waals surface area contributed by atoms with Crippen LogP contribution in [-0.2, 0) is 0 Å². The van der Waals surface area contributed by atoms with E-state index in [1.54, 1.807) is 12.1 Å². The molecule has 76 valence electrons. The lowest BCUT2D eigenvalue weighted by Gasteiger charge is -2.02. The average molecular weight is 239 g/mol. The minimum absolute atomic E-state index is 0.253. The van der Waals surface area contributed by atoms with Gasteiger partial charge in [0, 0.05) is 15.5 Å². The zero-order valence-corrected chi connectivity index (χ0v) is 9.18. The van der Waals surface area contributed by atoms with Gasteiger partial charge >= 0.3 is 5.97 Å². The van der Waals surface area contributed by atoms with E-state index in [2.05, 4.69) is 0 Å². The molecular formula is C11H7ClO2S. The van der Waals surface area contributed by atoms with Gasteiger partial charge in [0.25, 0.3) is 0 Å². The number of rotatable bonds is 2. The molecule has 0 fully saturated rings. The summed E-state index contributed by atoms with van der Waals surface area (Å²) in [5, 5.41) is 11.4. The first kappa shape index (κ1) is 10.2. The van der Waals surface area contributed by atoms with Crippen LogP contribution in [0.5, 0.6) is 0 Å². The van der Waals surface area contributed by atoms with Crippen molar-refractivity contribution in [3.05, 3.63) is 46.3 Å². The van der Waals surface area contributed by atoms with Gasteiger partial charge in [-0.15, -0.1) is 11.3 Å². The maximum atomic E-state index is 10.8. The maximum absolute atomic E-state index is 10.8. The van der Waals surface area contributed by atoms with E-state index < -0.39 is 5.97 Å². The van der Waals surface area contributed by atoms with Gasteiger partial charge in [0.05, 0.1) is 5.56 Å². The second-order valence-electron chi connectivity index (χ2n) is 2.98. The van der Waals surface area contributed by atoms with Crippen LogP contribution in [0.15, 0.2) is 35.7 Å². The lowest BCUT2D eigenvalue weighted by atomic mass is 10.1. The number of thiophene rings is 1. The number of carboxylic acid groups (broad SMARTS) is 1. The maximum Gasteiger partial charge on any atom is 0.335 e. The Morgan fingerprint density at radius 3 is 2.73 bits per heavy atom. The van der Waals surface area contributed by atoms with Crippen LogP contribution in [0.4, 0.5) is 0 Å². The number of benzene rings is 1. The van der Waals surface area contributed by atoms with E-state index in [1.807, 2.05) is 17.5 Å². The van der Waals surface area contributed by atoms with Gasteiger partial charge in [0.2, 0.25) is 0 Å². The summed E-state index contributed by atoms with van der Waals surface area (Å²) in [5.74, 6) is -0.940. The van der Waals surface area contributed by atoms with Gasteiger partial charge in [0.1, 0.15) is 0 Å². The fourth-order valence-electron chi connectivity index (χ4n) is 1.28. The molecule has 1 aromatic heterocycles. The van der Waals surface area contributed by atoms with Crippen LogP contribution in [0, 0.1) is 0 Å². The summed E-state index contributed by atoms with van der Waals surface area (Å²) in [6, 6.07) is 8.53. The molecule has 0 saturated heterocycles. The van der Waals surface area contributed by atoms with Crippen molar-refractivity contribution in [3.8, 4) is 10.4 Å². The first-order valence-electron chi connectivity index (χ1n) is 4.25. The Balaban J connectivity index is 2.55. The fraction of sp³-hybridized carbons (Fsp3) is 0. The molecule has 0 radical (unpaired) electrons. The normalized spacial score (nSPS) is 10.2. The molecule has 0 atom stereocenters. The third-order valence-corrected chi connectivity index (χ3v) is 3.23.